The van der Waals surface area contributed by atoms with Crippen LogP contribution >= 0.6 is 0 Å². The fraction of sp³-hybridized carbons (Fsp3) is 0.379. The molecule has 0 bridgehead atoms. The zero-order chi connectivity index (χ0) is 26.6. The van der Waals surface area contributed by atoms with Crippen molar-refractivity contribution in [1.29, 1.82) is 0 Å². The normalized spacial score (nSPS) is 14.9. The molecular weight excluding hydrogens is 486 g/mol. The molecule has 1 aliphatic carbocycles. The third-order valence-corrected chi connectivity index (χ3v) is 8.31. The summed E-state index contributed by atoms with van der Waals surface area (Å²) in [6.07, 6.45) is 5.14. The smallest absolute Gasteiger partial charge is 0.244 e. The average molecular weight is 522 g/mol. The summed E-state index contributed by atoms with van der Waals surface area (Å²) in [6, 6.07) is 19.9. The fourth-order valence-electron chi connectivity index (χ4n) is 4.97. The minimum Gasteiger partial charge on any atom is -0.352 e. The number of carbonyl (C=O) groups excluding carboxylic acids is 2. The van der Waals surface area contributed by atoms with E-state index in [0.717, 1.165) is 58.1 Å². The van der Waals surface area contributed by atoms with E-state index in [2.05, 4.69) is 5.32 Å². The first-order valence-corrected chi connectivity index (χ1v) is 14.6. The number of carbonyl (C=O) groups is 2. The van der Waals surface area contributed by atoms with E-state index in [1.807, 2.05) is 61.5 Å². The largest absolute Gasteiger partial charge is 0.352 e. The van der Waals surface area contributed by atoms with Gasteiger partial charge in [0.25, 0.3) is 0 Å². The van der Waals surface area contributed by atoms with E-state index in [-0.39, 0.29) is 18.5 Å². The number of nitrogens with zero attached hydrogens (tertiary/aromatic N) is 2. The van der Waals surface area contributed by atoms with Gasteiger partial charge < -0.3 is 10.2 Å². The molecule has 0 saturated heterocycles. The number of hydrogen-bond donors (Lipinski definition) is 1. The number of aryl methyl sites for hydroxylation is 1. The third kappa shape index (κ3) is 6.31. The highest BCUT2D eigenvalue weighted by Gasteiger charge is 2.32. The predicted molar refractivity (Wildman–Crippen MR) is 148 cm³/mol. The van der Waals surface area contributed by atoms with Crippen LogP contribution < -0.4 is 9.62 Å². The fourth-order valence-corrected chi connectivity index (χ4v) is 5.83. The van der Waals surface area contributed by atoms with Crippen molar-refractivity contribution in [3.63, 3.8) is 0 Å². The van der Waals surface area contributed by atoms with Crippen LogP contribution in [0.5, 0.6) is 0 Å². The van der Waals surface area contributed by atoms with Gasteiger partial charge in [-0.15, -0.1) is 0 Å². The number of sulfonamides is 1. The summed E-state index contributed by atoms with van der Waals surface area (Å²) in [5, 5.41) is 4.70. The van der Waals surface area contributed by atoms with Gasteiger partial charge in [-0.25, -0.2) is 8.42 Å². The Morgan fingerprint density at radius 2 is 1.62 bits per heavy atom. The summed E-state index contributed by atoms with van der Waals surface area (Å²) >= 11 is 0. The summed E-state index contributed by atoms with van der Waals surface area (Å²) in [4.78, 5) is 28.6. The van der Waals surface area contributed by atoms with E-state index >= 15 is 0 Å². The van der Waals surface area contributed by atoms with Gasteiger partial charge in [-0.1, -0.05) is 73.5 Å². The maximum Gasteiger partial charge on any atom is 0.244 e. The first-order valence-electron chi connectivity index (χ1n) is 12.7. The zero-order valence-electron chi connectivity index (χ0n) is 21.7. The molecule has 196 valence electrons. The molecule has 37 heavy (non-hydrogen) atoms. The Kier molecular flexibility index (Phi) is 8.17. The van der Waals surface area contributed by atoms with Crippen molar-refractivity contribution >= 4 is 38.3 Å². The Labute approximate surface area is 219 Å². The molecule has 0 spiro atoms. The lowest BCUT2D eigenvalue weighted by Crippen LogP contribution is -2.52. The maximum absolute atomic E-state index is 13.8. The van der Waals surface area contributed by atoms with Crippen LogP contribution in [-0.4, -0.2) is 50.0 Å². The van der Waals surface area contributed by atoms with Crippen LogP contribution in [0.4, 0.5) is 5.69 Å². The van der Waals surface area contributed by atoms with Crippen LogP contribution in [0.2, 0.25) is 0 Å². The lowest BCUT2D eigenvalue weighted by Gasteiger charge is -2.32. The van der Waals surface area contributed by atoms with Crippen molar-refractivity contribution in [3.05, 3.63) is 77.9 Å². The number of nitrogens with one attached hydrogen (secondary N) is 1. The van der Waals surface area contributed by atoms with Gasteiger partial charge in [0.2, 0.25) is 21.8 Å². The molecular formula is C29H35N3O4S. The van der Waals surface area contributed by atoms with Gasteiger partial charge in [-0.2, -0.15) is 0 Å². The topological polar surface area (TPSA) is 86.8 Å². The van der Waals surface area contributed by atoms with Gasteiger partial charge in [0.05, 0.1) is 11.9 Å². The highest BCUT2D eigenvalue weighted by atomic mass is 32.2. The number of benzene rings is 3. The Bertz CT molecular complexity index is 1380. The standard InChI is InChI=1S/C29H35N3O4S/c1-21-11-4-5-13-24(21)19-31(22(2)29(34)30-25-15-7-8-16-25)28(33)20-32(37(3,35)36)27-18-10-14-23-12-6-9-17-26(23)27/h4-6,9-14,17-18,22,25H,7-8,15-16,19-20H2,1-3H3,(H,30,34). The van der Waals surface area contributed by atoms with Gasteiger partial charge in [0.15, 0.2) is 0 Å². The molecule has 1 fully saturated rings. The monoisotopic (exact) mass is 521 g/mol. The van der Waals surface area contributed by atoms with Crippen molar-refractivity contribution in [2.75, 3.05) is 17.1 Å². The van der Waals surface area contributed by atoms with Crippen molar-refractivity contribution < 1.29 is 18.0 Å². The molecule has 0 heterocycles. The molecule has 8 heteroatoms. The molecule has 0 aliphatic heterocycles. The van der Waals surface area contributed by atoms with E-state index in [1.54, 1.807) is 19.1 Å². The molecule has 1 N–H and O–H groups in total. The molecule has 0 aromatic heterocycles. The molecule has 7 nitrogen and oxygen atoms in total. The van der Waals surface area contributed by atoms with Gasteiger partial charge in [-0.3, -0.25) is 13.9 Å². The minimum atomic E-state index is -3.80. The van der Waals surface area contributed by atoms with Crippen LogP contribution in [0.3, 0.4) is 0 Å². The van der Waals surface area contributed by atoms with Crippen LogP contribution in [0.15, 0.2) is 66.7 Å². The predicted octanol–water partition coefficient (Wildman–Crippen LogP) is 4.39. The molecule has 4 rings (SSSR count). The summed E-state index contributed by atoms with van der Waals surface area (Å²) in [5.74, 6) is -0.652. The van der Waals surface area contributed by atoms with Gasteiger partial charge in [-0.05, 0) is 49.3 Å². The molecule has 1 unspecified atom stereocenters. The lowest BCUT2D eigenvalue weighted by molar-refractivity contribution is -0.139. The second-order valence-electron chi connectivity index (χ2n) is 9.88. The first kappa shape index (κ1) is 26.7. The number of fused-ring (bicyclic) bond motifs is 1. The first-order chi connectivity index (χ1) is 17.6. The second kappa shape index (κ2) is 11.3. The third-order valence-electron chi connectivity index (χ3n) is 7.19. The van der Waals surface area contributed by atoms with E-state index in [0.29, 0.717) is 5.69 Å². The molecule has 1 saturated carbocycles. The summed E-state index contributed by atoms with van der Waals surface area (Å²) in [5.41, 5.74) is 2.35. The van der Waals surface area contributed by atoms with E-state index in [9.17, 15) is 18.0 Å². The van der Waals surface area contributed by atoms with Crippen molar-refractivity contribution in [1.82, 2.24) is 10.2 Å². The maximum atomic E-state index is 13.8. The SMILES string of the molecule is Cc1ccccc1CN(C(=O)CN(c1cccc2ccccc12)S(C)(=O)=O)C(C)C(=O)NC1CCCC1. The van der Waals surface area contributed by atoms with E-state index in [4.69, 9.17) is 0 Å². The summed E-state index contributed by atoms with van der Waals surface area (Å²) in [6.45, 7) is 3.47. The average Bonchev–Trinajstić information content (AvgIpc) is 3.38. The quantitative estimate of drug-likeness (QED) is 0.453. The zero-order valence-corrected chi connectivity index (χ0v) is 22.5. The Morgan fingerprint density at radius 3 is 2.32 bits per heavy atom. The minimum absolute atomic E-state index is 0.119. The van der Waals surface area contributed by atoms with Crippen molar-refractivity contribution in [2.45, 2.75) is 58.2 Å². The van der Waals surface area contributed by atoms with E-state index < -0.39 is 28.5 Å². The number of anilines is 1. The van der Waals surface area contributed by atoms with Crippen molar-refractivity contribution in [3.8, 4) is 0 Å². The van der Waals surface area contributed by atoms with Crippen LogP contribution in [0.25, 0.3) is 10.8 Å². The molecule has 2 amide bonds. The summed E-state index contributed by atoms with van der Waals surface area (Å²) in [7, 11) is -3.80. The number of hydrogen-bond acceptors (Lipinski definition) is 4. The second-order valence-corrected chi connectivity index (χ2v) is 11.8. The summed E-state index contributed by atoms with van der Waals surface area (Å²) < 4.78 is 27.1. The van der Waals surface area contributed by atoms with Gasteiger partial charge in [0, 0.05) is 18.0 Å². The number of amides is 2. The van der Waals surface area contributed by atoms with Gasteiger partial charge >= 0.3 is 0 Å². The Hall–Kier alpha value is -3.39. The molecule has 3 aromatic rings. The Morgan fingerprint density at radius 1 is 0.973 bits per heavy atom. The Balaban J connectivity index is 1.66. The van der Waals surface area contributed by atoms with Crippen LogP contribution in [-0.2, 0) is 26.2 Å². The molecule has 1 atom stereocenters. The highest BCUT2D eigenvalue weighted by Crippen LogP contribution is 2.29. The van der Waals surface area contributed by atoms with Crippen LogP contribution in [0.1, 0.15) is 43.7 Å². The van der Waals surface area contributed by atoms with E-state index in [1.165, 1.54) is 4.90 Å². The molecule has 3 aromatic carbocycles. The lowest BCUT2D eigenvalue weighted by atomic mass is 10.1. The highest BCUT2D eigenvalue weighted by molar-refractivity contribution is 7.92. The van der Waals surface area contributed by atoms with Gasteiger partial charge in [0.1, 0.15) is 12.6 Å². The molecule has 0 radical (unpaired) electrons. The van der Waals surface area contributed by atoms with Crippen molar-refractivity contribution in [2.24, 2.45) is 0 Å². The molecule has 1 aliphatic rings. The number of rotatable bonds is 9. The van der Waals surface area contributed by atoms with Crippen LogP contribution in [0, 0.1) is 6.92 Å².